The van der Waals surface area contributed by atoms with E-state index >= 15 is 0 Å². The zero-order valence-corrected chi connectivity index (χ0v) is 16.1. The molecular formula is C20H16F2N2O4S. The van der Waals surface area contributed by atoms with Gasteiger partial charge in [0.2, 0.25) is 0 Å². The molecule has 0 bridgehead atoms. The maximum absolute atomic E-state index is 13.1. The SMILES string of the molecule is Cc1nc(COc2cccc(C(=O)OCC(=O)Nc3ccc(F)c(F)c3)c2)cs1. The van der Waals surface area contributed by atoms with Crippen molar-refractivity contribution < 1.29 is 27.8 Å². The topological polar surface area (TPSA) is 77.5 Å². The molecule has 0 fully saturated rings. The first-order valence-corrected chi connectivity index (χ1v) is 9.34. The van der Waals surface area contributed by atoms with Crippen LogP contribution in [0.1, 0.15) is 21.1 Å². The monoisotopic (exact) mass is 418 g/mol. The number of carbonyl (C=O) groups is 2. The summed E-state index contributed by atoms with van der Waals surface area (Å²) in [6, 6.07) is 9.24. The van der Waals surface area contributed by atoms with E-state index in [9.17, 15) is 18.4 Å². The lowest BCUT2D eigenvalue weighted by Gasteiger charge is -2.08. The van der Waals surface area contributed by atoms with Crippen molar-refractivity contribution in [2.75, 3.05) is 11.9 Å². The lowest BCUT2D eigenvalue weighted by Crippen LogP contribution is -2.21. The number of benzene rings is 2. The molecule has 0 spiro atoms. The van der Waals surface area contributed by atoms with Crippen LogP contribution >= 0.6 is 11.3 Å². The fraction of sp³-hybridized carbons (Fsp3) is 0.150. The van der Waals surface area contributed by atoms with Crippen molar-refractivity contribution in [2.24, 2.45) is 0 Å². The van der Waals surface area contributed by atoms with Crippen LogP contribution in [0.2, 0.25) is 0 Å². The third-order valence-electron chi connectivity index (χ3n) is 3.66. The zero-order chi connectivity index (χ0) is 20.8. The van der Waals surface area contributed by atoms with Gasteiger partial charge in [-0.15, -0.1) is 11.3 Å². The number of halogens is 2. The second-order valence-electron chi connectivity index (χ2n) is 5.93. The van der Waals surface area contributed by atoms with Crippen molar-refractivity contribution in [1.82, 2.24) is 4.98 Å². The molecule has 0 aliphatic carbocycles. The highest BCUT2D eigenvalue weighted by atomic mass is 32.1. The van der Waals surface area contributed by atoms with Gasteiger partial charge in [0.15, 0.2) is 18.2 Å². The Kier molecular flexibility index (Phi) is 6.50. The Bertz CT molecular complexity index is 1040. The van der Waals surface area contributed by atoms with Crippen molar-refractivity contribution in [2.45, 2.75) is 13.5 Å². The minimum Gasteiger partial charge on any atom is -0.487 e. The van der Waals surface area contributed by atoms with Gasteiger partial charge in [0.05, 0.1) is 16.3 Å². The first-order valence-electron chi connectivity index (χ1n) is 8.46. The molecule has 1 N–H and O–H groups in total. The van der Waals surface area contributed by atoms with E-state index in [1.807, 2.05) is 12.3 Å². The summed E-state index contributed by atoms with van der Waals surface area (Å²) in [6.07, 6.45) is 0. The molecule has 0 aliphatic heterocycles. The average molecular weight is 418 g/mol. The fourth-order valence-corrected chi connectivity index (χ4v) is 2.93. The zero-order valence-electron chi connectivity index (χ0n) is 15.3. The Morgan fingerprint density at radius 2 is 1.97 bits per heavy atom. The largest absolute Gasteiger partial charge is 0.487 e. The van der Waals surface area contributed by atoms with Crippen molar-refractivity contribution in [3.05, 3.63) is 75.7 Å². The molecule has 3 rings (SSSR count). The highest BCUT2D eigenvalue weighted by Crippen LogP contribution is 2.17. The number of aryl methyl sites for hydroxylation is 1. The Hall–Kier alpha value is -3.33. The van der Waals surface area contributed by atoms with Crippen molar-refractivity contribution in [3.63, 3.8) is 0 Å². The van der Waals surface area contributed by atoms with E-state index in [1.54, 1.807) is 12.1 Å². The summed E-state index contributed by atoms with van der Waals surface area (Å²) in [7, 11) is 0. The smallest absolute Gasteiger partial charge is 0.338 e. The second-order valence-corrected chi connectivity index (χ2v) is 6.99. The van der Waals surface area contributed by atoms with Crippen LogP contribution in [0.3, 0.4) is 0 Å². The van der Waals surface area contributed by atoms with Gasteiger partial charge in [-0.2, -0.15) is 0 Å². The maximum atomic E-state index is 13.1. The number of thiazole rings is 1. The number of nitrogens with zero attached hydrogens (tertiary/aromatic N) is 1. The number of hydrogen-bond donors (Lipinski definition) is 1. The van der Waals surface area contributed by atoms with E-state index in [-0.39, 0.29) is 17.9 Å². The number of amides is 1. The summed E-state index contributed by atoms with van der Waals surface area (Å²) in [5.74, 6) is -3.07. The number of anilines is 1. The first kappa shape index (κ1) is 20.4. The minimum atomic E-state index is -1.09. The summed E-state index contributed by atoms with van der Waals surface area (Å²) in [5.41, 5.74) is 1.05. The quantitative estimate of drug-likeness (QED) is 0.585. The van der Waals surface area contributed by atoms with E-state index in [2.05, 4.69) is 10.3 Å². The highest BCUT2D eigenvalue weighted by Gasteiger charge is 2.12. The highest BCUT2D eigenvalue weighted by molar-refractivity contribution is 7.09. The van der Waals surface area contributed by atoms with Crippen LogP contribution in [0.5, 0.6) is 5.75 Å². The van der Waals surface area contributed by atoms with Gasteiger partial charge < -0.3 is 14.8 Å². The number of aromatic nitrogens is 1. The number of rotatable bonds is 7. The molecule has 3 aromatic rings. The van der Waals surface area contributed by atoms with E-state index in [0.29, 0.717) is 5.75 Å². The van der Waals surface area contributed by atoms with Gasteiger partial charge in [-0.1, -0.05) is 6.07 Å². The van der Waals surface area contributed by atoms with Gasteiger partial charge in [-0.05, 0) is 37.3 Å². The third kappa shape index (κ3) is 5.82. The number of nitrogens with one attached hydrogen (secondary N) is 1. The molecule has 150 valence electrons. The van der Waals surface area contributed by atoms with Crippen molar-refractivity contribution >= 4 is 28.9 Å². The van der Waals surface area contributed by atoms with Crippen LogP contribution in [-0.2, 0) is 16.1 Å². The van der Waals surface area contributed by atoms with E-state index < -0.39 is 30.1 Å². The molecule has 0 unspecified atom stereocenters. The fourth-order valence-electron chi connectivity index (χ4n) is 2.33. The Labute approximate surface area is 169 Å². The van der Waals surface area contributed by atoms with Gasteiger partial charge in [-0.25, -0.2) is 18.6 Å². The minimum absolute atomic E-state index is 0.0534. The third-order valence-corrected chi connectivity index (χ3v) is 4.48. The Morgan fingerprint density at radius 3 is 2.69 bits per heavy atom. The molecule has 6 nitrogen and oxygen atoms in total. The summed E-state index contributed by atoms with van der Waals surface area (Å²) in [4.78, 5) is 28.3. The molecule has 2 aromatic carbocycles. The predicted octanol–water partition coefficient (Wildman–Crippen LogP) is 4.10. The van der Waals surface area contributed by atoms with Crippen LogP contribution in [0.15, 0.2) is 47.8 Å². The summed E-state index contributed by atoms with van der Waals surface area (Å²) in [5, 5.41) is 5.14. The molecule has 0 atom stereocenters. The predicted molar refractivity (Wildman–Crippen MR) is 103 cm³/mol. The van der Waals surface area contributed by atoms with Gasteiger partial charge in [0.1, 0.15) is 12.4 Å². The summed E-state index contributed by atoms with van der Waals surface area (Å²) >= 11 is 1.52. The molecule has 0 aliphatic rings. The van der Waals surface area contributed by atoms with Gasteiger partial charge in [-0.3, -0.25) is 4.79 Å². The number of carbonyl (C=O) groups excluding carboxylic acids is 2. The van der Waals surface area contributed by atoms with Crippen molar-refractivity contribution in [3.8, 4) is 5.75 Å². The lowest BCUT2D eigenvalue weighted by molar-refractivity contribution is -0.119. The van der Waals surface area contributed by atoms with Crippen LogP contribution in [0.4, 0.5) is 14.5 Å². The molecule has 0 saturated heterocycles. The van der Waals surface area contributed by atoms with E-state index in [0.717, 1.165) is 22.8 Å². The van der Waals surface area contributed by atoms with Crippen LogP contribution in [0.25, 0.3) is 0 Å². The molecular weight excluding hydrogens is 402 g/mol. The molecule has 1 aromatic heterocycles. The number of ether oxygens (including phenoxy) is 2. The van der Waals surface area contributed by atoms with Gasteiger partial charge in [0.25, 0.3) is 5.91 Å². The van der Waals surface area contributed by atoms with Crippen molar-refractivity contribution in [1.29, 1.82) is 0 Å². The number of hydrogen-bond acceptors (Lipinski definition) is 6. The van der Waals surface area contributed by atoms with Crippen LogP contribution in [-0.4, -0.2) is 23.5 Å². The van der Waals surface area contributed by atoms with Gasteiger partial charge in [0, 0.05) is 17.1 Å². The van der Waals surface area contributed by atoms with Crippen LogP contribution < -0.4 is 10.1 Å². The molecule has 29 heavy (non-hydrogen) atoms. The van der Waals surface area contributed by atoms with Gasteiger partial charge >= 0.3 is 5.97 Å². The first-order chi connectivity index (χ1) is 13.9. The molecule has 9 heteroatoms. The molecule has 0 radical (unpaired) electrons. The maximum Gasteiger partial charge on any atom is 0.338 e. The molecule has 1 amide bonds. The standard InChI is InChI=1S/C20H16F2N2O4S/c1-12-23-15(11-29-12)9-27-16-4-2-3-13(7-16)20(26)28-10-19(25)24-14-5-6-17(21)18(22)8-14/h2-8,11H,9-10H2,1H3,(H,24,25). The molecule has 1 heterocycles. The molecule has 0 saturated carbocycles. The average Bonchev–Trinajstić information content (AvgIpc) is 3.13. The Morgan fingerprint density at radius 1 is 1.14 bits per heavy atom. The summed E-state index contributed by atoms with van der Waals surface area (Å²) < 4.78 is 36.6. The summed E-state index contributed by atoms with van der Waals surface area (Å²) in [6.45, 7) is 1.58. The normalized spacial score (nSPS) is 10.4. The van der Waals surface area contributed by atoms with E-state index in [1.165, 1.54) is 29.5 Å². The number of esters is 1. The Balaban J connectivity index is 1.52. The second kappa shape index (κ2) is 9.24. The lowest BCUT2D eigenvalue weighted by atomic mass is 10.2. The van der Waals surface area contributed by atoms with Crippen LogP contribution in [0, 0.1) is 18.6 Å². The van der Waals surface area contributed by atoms with E-state index in [4.69, 9.17) is 9.47 Å².